The summed E-state index contributed by atoms with van der Waals surface area (Å²) in [6, 6.07) is 10.5. The fourth-order valence-corrected chi connectivity index (χ4v) is 25.7. The molecule has 0 spiro atoms. The van der Waals surface area contributed by atoms with Gasteiger partial charge >= 0.3 is 191 Å². The second-order valence-corrected chi connectivity index (χ2v) is 26.9. The van der Waals surface area contributed by atoms with E-state index >= 15 is 0 Å². The molecule has 0 aromatic heterocycles. The molecule has 2 aromatic carbocycles. The molecular weight excluding hydrogens is 489 g/mol. The van der Waals surface area contributed by atoms with Crippen LogP contribution in [0.15, 0.2) is 64.8 Å². The molecule has 2 aliphatic rings. The molecule has 31 heavy (non-hydrogen) atoms. The van der Waals surface area contributed by atoms with E-state index in [0.717, 1.165) is 23.3 Å². The van der Waals surface area contributed by atoms with E-state index in [9.17, 15) is 13.2 Å². The third kappa shape index (κ3) is 3.72. The van der Waals surface area contributed by atoms with E-state index in [1.54, 1.807) is 0 Å². The number of benzene rings is 2. The summed E-state index contributed by atoms with van der Waals surface area (Å²) in [4.78, 5) is 0. The molecule has 2 aromatic rings. The van der Waals surface area contributed by atoms with Gasteiger partial charge in [-0.15, -0.1) is 0 Å². The molecule has 0 saturated heterocycles. The van der Waals surface area contributed by atoms with Crippen LogP contribution in [-0.2, 0) is 20.4 Å². The van der Waals surface area contributed by atoms with Gasteiger partial charge in [0.2, 0.25) is 0 Å². The third-order valence-electron chi connectivity index (χ3n) is 7.05. The van der Waals surface area contributed by atoms with Crippen LogP contribution in [0.2, 0.25) is 16.7 Å². The predicted molar refractivity (Wildman–Crippen MR) is 121 cm³/mol. The van der Waals surface area contributed by atoms with Gasteiger partial charge in [-0.1, -0.05) is 0 Å². The van der Waals surface area contributed by atoms with Crippen molar-refractivity contribution in [2.45, 2.75) is 48.0 Å². The molecule has 0 amide bonds. The number of allylic oxidation sites excluding steroid dienone is 5. The van der Waals surface area contributed by atoms with Crippen molar-refractivity contribution < 1.29 is 33.5 Å². The normalized spacial score (nSPS) is 18.6. The van der Waals surface area contributed by atoms with Gasteiger partial charge in [0.05, 0.1) is 0 Å². The van der Waals surface area contributed by atoms with Gasteiger partial charge in [0.1, 0.15) is 0 Å². The first-order valence-corrected chi connectivity index (χ1v) is 19.6. The van der Waals surface area contributed by atoms with Gasteiger partial charge in [-0.25, -0.2) is 0 Å². The Hall–Kier alpha value is -1.45. The summed E-state index contributed by atoms with van der Waals surface area (Å²) in [6.45, 7) is 13.9. The number of rotatable bonds is 3. The Morgan fingerprint density at radius 2 is 1.39 bits per heavy atom. The third-order valence-corrected chi connectivity index (χ3v) is 26.7. The van der Waals surface area contributed by atoms with Gasteiger partial charge in [0.25, 0.3) is 0 Å². The van der Waals surface area contributed by atoms with Crippen molar-refractivity contribution in [2.24, 2.45) is 0 Å². The van der Waals surface area contributed by atoms with E-state index in [1.165, 1.54) is 27.9 Å². The number of fused-ring (bicyclic) bond motifs is 1. The van der Waals surface area contributed by atoms with Crippen molar-refractivity contribution in [3.05, 3.63) is 98.9 Å². The summed E-state index contributed by atoms with van der Waals surface area (Å²) in [5.41, 5.74) is 8.95. The molecule has 0 nitrogen and oxygen atoms in total. The van der Waals surface area contributed by atoms with Gasteiger partial charge in [-0.3, -0.25) is 0 Å². The molecule has 0 fully saturated rings. The van der Waals surface area contributed by atoms with Gasteiger partial charge in [-0.2, -0.15) is 0 Å². The molecule has 0 heterocycles. The summed E-state index contributed by atoms with van der Waals surface area (Å²) in [7, 11) is 0. The van der Waals surface area contributed by atoms with E-state index < -0.39 is 43.3 Å². The Morgan fingerprint density at radius 1 is 0.839 bits per heavy atom. The Bertz CT molecular complexity index is 1180. The van der Waals surface area contributed by atoms with Crippen LogP contribution in [0.1, 0.15) is 48.0 Å². The van der Waals surface area contributed by atoms with Gasteiger partial charge in [0.15, 0.2) is 0 Å². The molecule has 2 aliphatic carbocycles. The number of hydrogen-bond acceptors (Lipinski definition) is 0. The van der Waals surface area contributed by atoms with E-state index in [2.05, 4.69) is 59.0 Å². The van der Waals surface area contributed by atoms with Crippen molar-refractivity contribution in [2.75, 3.05) is 0 Å². The first-order valence-electron chi connectivity index (χ1n) is 10.6. The van der Waals surface area contributed by atoms with Crippen LogP contribution in [0, 0.1) is 17.5 Å². The summed E-state index contributed by atoms with van der Waals surface area (Å²) >= 11 is -2.14. The second-order valence-electron chi connectivity index (χ2n) is 8.90. The van der Waals surface area contributed by atoms with Crippen LogP contribution in [0.3, 0.4) is 0 Å². The maximum atomic E-state index is 14.1. The van der Waals surface area contributed by atoms with Crippen LogP contribution in [0.5, 0.6) is 0 Å². The van der Waals surface area contributed by atoms with Crippen molar-refractivity contribution in [1.82, 2.24) is 0 Å². The molecule has 0 saturated carbocycles. The SMILES string of the molecule is CC1=C(C)[CH]([Zr]([CH]2C=C(c3cc(F)c(F)c(F)c3)c3ccccc32)=[Si](C)C)C(C)=C1C. The van der Waals surface area contributed by atoms with Gasteiger partial charge < -0.3 is 0 Å². The fraction of sp³-hybridized carbons (Fsp3) is 0.308. The van der Waals surface area contributed by atoms with Crippen molar-refractivity contribution in [3.8, 4) is 0 Å². The Labute approximate surface area is 190 Å². The first-order chi connectivity index (χ1) is 14.6. The zero-order valence-corrected chi connectivity index (χ0v) is 22.3. The average Bonchev–Trinajstić information content (AvgIpc) is 3.19. The molecule has 0 N–H and O–H groups in total. The minimum absolute atomic E-state index is 0.349. The molecule has 0 radical (unpaired) electrons. The van der Waals surface area contributed by atoms with E-state index in [4.69, 9.17) is 0 Å². The monoisotopic (exact) mass is 514 g/mol. The molecule has 5 heteroatoms. The average molecular weight is 516 g/mol. The maximum absolute atomic E-state index is 14.1. The zero-order chi connectivity index (χ0) is 22.6. The van der Waals surface area contributed by atoms with E-state index in [1.807, 2.05) is 12.1 Å². The van der Waals surface area contributed by atoms with E-state index in [0.29, 0.717) is 12.8 Å². The van der Waals surface area contributed by atoms with Crippen molar-refractivity contribution in [3.63, 3.8) is 0 Å². The molecule has 1 unspecified atom stereocenters. The second kappa shape index (κ2) is 8.48. The summed E-state index contributed by atoms with van der Waals surface area (Å²) in [5.74, 6) is -3.67. The molecular formula is C26H27F3SiZr. The Balaban J connectivity index is 1.92. The molecule has 160 valence electrons. The molecule has 0 aliphatic heterocycles. The van der Waals surface area contributed by atoms with Crippen molar-refractivity contribution in [1.29, 1.82) is 0 Å². The predicted octanol–water partition coefficient (Wildman–Crippen LogP) is 7.93. The minimum atomic E-state index is -2.14. The summed E-state index contributed by atoms with van der Waals surface area (Å²) in [6.07, 6.45) is 2.26. The van der Waals surface area contributed by atoms with Crippen LogP contribution < -0.4 is 0 Å². The van der Waals surface area contributed by atoms with Crippen molar-refractivity contribution >= 4 is 11.0 Å². The van der Waals surface area contributed by atoms with Gasteiger partial charge in [-0.05, 0) is 0 Å². The van der Waals surface area contributed by atoms with Crippen LogP contribution >= 0.6 is 0 Å². The first kappa shape index (κ1) is 22.7. The quantitative estimate of drug-likeness (QED) is 0.288. The topological polar surface area (TPSA) is 0 Å². The van der Waals surface area contributed by atoms with Crippen LogP contribution in [0.4, 0.5) is 13.2 Å². The summed E-state index contributed by atoms with van der Waals surface area (Å²) < 4.78 is 42.6. The number of halogens is 3. The fourth-order valence-electron chi connectivity index (χ4n) is 5.17. The van der Waals surface area contributed by atoms with E-state index in [-0.39, 0.29) is 0 Å². The van der Waals surface area contributed by atoms with Gasteiger partial charge in [0, 0.05) is 0 Å². The molecule has 4 rings (SSSR count). The Morgan fingerprint density at radius 3 is 1.94 bits per heavy atom. The zero-order valence-electron chi connectivity index (χ0n) is 18.8. The molecule has 1 atom stereocenters. The number of hydrogen-bond donors (Lipinski definition) is 0. The van der Waals surface area contributed by atoms with Crippen LogP contribution in [0.25, 0.3) is 5.57 Å². The molecule has 0 bridgehead atoms. The van der Waals surface area contributed by atoms with Crippen LogP contribution in [-0.4, -0.2) is 5.43 Å². The summed E-state index contributed by atoms with van der Waals surface area (Å²) in [5, 5.41) is 0. The standard InChI is InChI=1S/C15H8F3.C9H13.C2H6Si.Zr/c16-13-7-10(8-14(17)15(13)18)12-6-5-9-3-1-2-4-11(9)12;1-6-5-7(2)9(4)8(6)3;1-3-2;/h1-8H;5H,1-4H3;1-2H3;. The Kier molecular flexibility index (Phi) is 6.22.